The minimum absolute atomic E-state index is 1.22. The van der Waals surface area contributed by atoms with E-state index in [0.717, 1.165) is 0 Å². The highest BCUT2D eigenvalue weighted by molar-refractivity contribution is 9.10. The molecule has 0 bridgehead atoms. The van der Waals surface area contributed by atoms with Crippen LogP contribution in [0.25, 0.3) is 0 Å². The first-order valence-corrected chi connectivity index (χ1v) is 7.87. The number of benzene rings is 1. The van der Waals surface area contributed by atoms with Crippen LogP contribution in [0.3, 0.4) is 0 Å². The van der Waals surface area contributed by atoms with E-state index in [1.54, 1.807) is 0 Å². The van der Waals surface area contributed by atoms with Crippen LogP contribution in [0.1, 0.15) is 63.9 Å². The molecule has 0 unspecified atom stereocenters. The molecule has 0 aliphatic heterocycles. The third-order valence-electron chi connectivity index (χ3n) is 3.26. The van der Waals surface area contributed by atoms with Crippen LogP contribution >= 0.6 is 15.9 Å². The predicted octanol–water partition coefficient (Wildman–Crippen LogP) is 6.13. The second-order valence-corrected chi connectivity index (χ2v) is 5.67. The summed E-state index contributed by atoms with van der Waals surface area (Å²) in [6.07, 6.45) is 12.4. The summed E-state index contributed by atoms with van der Waals surface area (Å²) >= 11 is 3.61. The SMILES string of the molecule is CCCCCCCCCCc1ccccc1Br. The van der Waals surface area contributed by atoms with Crippen molar-refractivity contribution in [1.29, 1.82) is 0 Å². The van der Waals surface area contributed by atoms with Crippen molar-refractivity contribution in [1.82, 2.24) is 0 Å². The fourth-order valence-corrected chi connectivity index (χ4v) is 2.63. The van der Waals surface area contributed by atoms with Crippen LogP contribution < -0.4 is 0 Å². The van der Waals surface area contributed by atoms with E-state index in [2.05, 4.69) is 47.1 Å². The standard InChI is InChI=1S/C16H25Br/c1-2-3-4-5-6-7-8-9-12-15-13-10-11-14-16(15)17/h10-11,13-14H,2-9,12H2,1H3. The van der Waals surface area contributed by atoms with Gasteiger partial charge >= 0.3 is 0 Å². The highest BCUT2D eigenvalue weighted by Gasteiger charge is 1.98. The Balaban J connectivity index is 1.99. The predicted molar refractivity (Wildman–Crippen MR) is 80.5 cm³/mol. The van der Waals surface area contributed by atoms with Gasteiger partial charge in [-0.05, 0) is 24.5 Å². The van der Waals surface area contributed by atoms with Crippen LogP contribution in [0, 0.1) is 0 Å². The van der Waals surface area contributed by atoms with Crippen LogP contribution in [0.15, 0.2) is 28.7 Å². The van der Waals surface area contributed by atoms with E-state index in [1.807, 2.05) is 0 Å². The third kappa shape index (κ3) is 6.88. The number of hydrogen-bond donors (Lipinski definition) is 0. The van der Waals surface area contributed by atoms with E-state index in [1.165, 1.54) is 67.8 Å². The molecule has 17 heavy (non-hydrogen) atoms. The molecule has 1 aromatic carbocycles. The second-order valence-electron chi connectivity index (χ2n) is 4.82. The Bertz CT molecular complexity index is 293. The number of unbranched alkanes of at least 4 members (excludes halogenated alkanes) is 7. The lowest BCUT2D eigenvalue weighted by molar-refractivity contribution is 0.575. The summed E-state index contributed by atoms with van der Waals surface area (Å²) in [6, 6.07) is 8.58. The third-order valence-corrected chi connectivity index (χ3v) is 4.03. The van der Waals surface area contributed by atoms with Gasteiger partial charge in [-0.25, -0.2) is 0 Å². The summed E-state index contributed by atoms with van der Waals surface area (Å²) in [5, 5.41) is 0. The van der Waals surface area contributed by atoms with Crippen LogP contribution in [0.2, 0.25) is 0 Å². The van der Waals surface area contributed by atoms with Gasteiger partial charge in [0.25, 0.3) is 0 Å². The van der Waals surface area contributed by atoms with Crippen LogP contribution in [-0.4, -0.2) is 0 Å². The van der Waals surface area contributed by atoms with Gasteiger partial charge in [0.15, 0.2) is 0 Å². The summed E-state index contributed by atoms with van der Waals surface area (Å²) in [6.45, 7) is 2.28. The summed E-state index contributed by atoms with van der Waals surface area (Å²) < 4.78 is 1.27. The molecule has 0 spiro atoms. The lowest BCUT2D eigenvalue weighted by atomic mass is 10.0. The number of rotatable bonds is 9. The second kappa shape index (κ2) is 9.70. The molecule has 0 saturated carbocycles. The van der Waals surface area contributed by atoms with Crippen molar-refractivity contribution in [3.05, 3.63) is 34.3 Å². The number of halogens is 1. The molecule has 0 N–H and O–H groups in total. The summed E-state index contributed by atoms with van der Waals surface area (Å²) in [5.74, 6) is 0. The Kier molecular flexibility index (Phi) is 8.42. The summed E-state index contributed by atoms with van der Waals surface area (Å²) in [5.41, 5.74) is 1.46. The minimum Gasteiger partial charge on any atom is -0.0654 e. The Morgan fingerprint density at radius 2 is 1.41 bits per heavy atom. The maximum absolute atomic E-state index is 3.61. The molecule has 1 rings (SSSR count). The molecule has 0 amide bonds. The van der Waals surface area contributed by atoms with Gasteiger partial charge in [-0.2, -0.15) is 0 Å². The average Bonchev–Trinajstić information content (AvgIpc) is 2.35. The maximum atomic E-state index is 3.61. The lowest BCUT2D eigenvalue weighted by Crippen LogP contribution is -1.87. The van der Waals surface area contributed by atoms with Gasteiger partial charge in [-0.15, -0.1) is 0 Å². The Morgan fingerprint density at radius 1 is 0.824 bits per heavy atom. The Morgan fingerprint density at radius 3 is 2.06 bits per heavy atom. The Hall–Kier alpha value is -0.300. The van der Waals surface area contributed by atoms with Gasteiger partial charge in [-0.3, -0.25) is 0 Å². The fraction of sp³-hybridized carbons (Fsp3) is 0.625. The van der Waals surface area contributed by atoms with Gasteiger partial charge in [0.2, 0.25) is 0 Å². The van der Waals surface area contributed by atoms with Gasteiger partial charge in [-0.1, -0.05) is 86.0 Å². The van der Waals surface area contributed by atoms with E-state index in [0.29, 0.717) is 0 Å². The highest BCUT2D eigenvalue weighted by atomic mass is 79.9. The number of hydrogen-bond acceptors (Lipinski definition) is 0. The Labute approximate surface area is 115 Å². The summed E-state index contributed by atoms with van der Waals surface area (Å²) in [4.78, 5) is 0. The largest absolute Gasteiger partial charge is 0.0654 e. The zero-order chi connectivity index (χ0) is 12.3. The maximum Gasteiger partial charge on any atom is 0.0207 e. The van der Waals surface area contributed by atoms with Crippen molar-refractivity contribution in [3.8, 4) is 0 Å². The molecular weight excluding hydrogens is 272 g/mol. The topological polar surface area (TPSA) is 0 Å². The lowest BCUT2D eigenvalue weighted by Gasteiger charge is -2.04. The molecule has 0 nitrogen and oxygen atoms in total. The van der Waals surface area contributed by atoms with Crippen LogP contribution in [0.5, 0.6) is 0 Å². The van der Waals surface area contributed by atoms with Crippen molar-refractivity contribution in [3.63, 3.8) is 0 Å². The first-order valence-electron chi connectivity index (χ1n) is 7.08. The van der Waals surface area contributed by atoms with Crippen molar-refractivity contribution >= 4 is 15.9 Å². The molecule has 0 radical (unpaired) electrons. The normalized spacial score (nSPS) is 10.7. The molecule has 0 aliphatic carbocycles. The molecule has 96 valence electrons. The monoisotopic (exact) mass is 296 g/mol. The molecule has 0 atom stereocenters. The first kappa shape index (κ1) is 14.8. The zero-order valence-corrected chi connectivity index (χ0v) is 12.6. The zero-order valence-electron chi connectivity index (χ0n) is 11.1. The molecule has 0 saturated heterocycles. The van der Waals surface area contributed by atoms with Crippen molar-refractivity contribution in [2.75, 3.05) is 0 Å². The quantitative estimate of drug-likeness (QED) is 0.481. The van der Waals surface area contributed by atoms with Gasteiger partial charge in [0.05, 0.1) is 0 Å². The molecule has 1 aromatic rings. The molecule has 1 heteroatoms. The van der Waals surface area contributed by atoms with E-state index < -0.39 is 0 Å². The molecular formula is C16H25Br. The van der Waals surface area contributed by atoms with Crippen molar-refractivity contribution < 1.29 is 0 Å². The highest BCUT2D eigenvalue weighted by Crippen LogP contribution is 2.18. The van der Waals surface area contributed by atoms with Crippen molar-refractivity contribution in [2.24, 2.45) is 0 Å². The van der Waals surface area contributed by atoms with Gasteiger partial charge < -0.3 is 0 Å². The van der Waals surface area contributed by atoms with E-state index >= 15 is 0 Å². The van der Waals surface area contributed by atoms with Crippen molar-refractivity contribution in [2.45, 2.75) is 64.7 Å². The minimum atomic E-state index is 1.22. The first-order chi connectivity index (χ1) is 8.34. The molecule has 0 aliphatic rings. The van der Waals surface area contributed by atoms with Gasteiger partial charge in [0, 0.05) is 4.47 Å². The van der Waals surface area contributed by atoms with E-state index in [-0.39, 0.29) is 0 Å². The summed E-state index contributed by atoms with van der Waals surface area (Å²) in [7, 11) is 0. The average molecular weight is 297 g/mol. The smallest absolute Gasteiger partial charge is 0.0207 e. The molecule has 0 heterocycles. The van der Waals surface area contributed by atoms with Crippen LogP contribution in [-0.2, 0) is 6.42 Å². The van der Waals surface area contributed by atoms with Gasteiger partial charge in [0.1, 0.15) is 0 Å². The van der Waals surface area contributed by atoms with E-state index in [4.69, 9.17) is 0 Å². The van der Waals surface area contributed by atoms with Crippen LogP contribution in [0.4, 0.5) is 0 Å². The molecule has 0 aromatic heterocycles. The molecule has 0 fully saturated rings. The van der Waals surface area contributed by atoms with E-state index in [9.17, 15) is 0 Å². The number of aryl methyl sites for hydroxylation is 1. The fourth-order valence-electron chi connectivity index (χ4n) is 2.15.